The largest absolute Gasteiger partial charge is 0.477 e. The average Bonchev–Trinajstić information content (AvgIpc) is 3.44. The molecule has 11 nitrogen and oxygen atoms in total. The Morgan fingerprint density at radius 3 is 2.58 bits per heavy atom. The van der Waals surface area contributed by atoms with Crippen molar-refractivity contribution in [3.05, 3.63) is 10.6 Å². The molecular weight excluding hydrogens is 484 g/mol. The van der Waals surface area contributed by atoms with Crippen molar-refractivity contribution in [1.82, 2.24) is 19.6 Å². The number of hydrogen-bond acceptors (Lipinski definition) is 7. The van der Waals surface area contributed by atoms with E-state index in [-0.39, 0.29) is 60.1 Å². The van der Waals surface area contributed by atoms with E-state index in [0.29, 0.717) is 37.5 Å². The number of aliphatic carboxylic acids is 1. The van der Waals surface area contributed by atoms with Crippen LogP contribution in [0.2, 0.25) is 0 Å². The van der Waals surface area contributed by atoms with Crippen molar-refractivity contribution in [3.63, 3.8) is 0 Å². The Bertz CT molecular complexity index is 957. The van der Waals surface area contributed by atoms with E-state index >= 15 is 0 Å². The molecule has 4 heterocycles. The molecule has 3 unspecified atom stereocenters. The highest BCUT2D eigenvalue weighted by atomic mass is 32.2. The summed E-state index contributed by atoms with van der Waals surface area (Å²) < 4.78 is 0. The number of nitrogens with one attached hydrogen (secondary N) is 1. The van der Waals surface area contributed by atoms with Crippen LogP contribution >= 0.6 is 11.8 Å². The Kier molecular flexibility index (Phi) is 8.31. The summed E-state index contributed by atoms with van der Waals surface area (Å²) in [7, 11) is 3.70. The number of hydrogen-bond donors (Lipinski definition) is 4. The van der Waals surface area contributed by atoms with E-state index in [0.717, 1.165) is 6.42 Å². The van der Waals surface area contributed by atoms with Crippen LogP contribution in [-0.2, 0) is 14.4 Å². The van der Waals surface area contributed by atoms with E-state index in [1.165, 1.54) is 16.7 Å². The molecule has 4 aliphatic heterocycles. The van der Waals surface area contributed by atoms with Gasteiger partial charge in [-0.1, -0.05) is 14.4 Å². The molecule has 3 fully saturated rings. The number of carboxylic acid groups (broad SMARTS) is 1. The fourth-order valence-electron chi connectivity index (χ4n) is 6.06. The first-order valence-corrected chi connectivity index (χ1v) is 13.0. The van der Waals surface area contributed by atoms with Crippen LogP contribution in [0.4, 0.5) is 0 Å². The normalized spacial score (nSPS) is 32.8. The van der Waals surface area contributed by atoms with Gasteiger partial charge in [0.05, 0.1) is 24.1 Å². The first-order chi connectivity index (χ1) is 16.4. The first kappa shape index (κ1) is 28.3. The lowest BCUT2D eigenvalue weighted by Crippen LogP contribution is -2.63. The molecule has 4 aliphatic rings. The molecule has 0 aliphatic carbocycles. The van der Waals surface area contributed by atoms with Gasteiger partial charge < -0.3 is 30.6 Å². The van der Waals surface area contributed by atoms with Gasteiger partial charge in [-0.2, -0.15) is 0 Å². The quantitative estimate of drug-likeness (QED) is 0.208. The maximum absolute atomic E-state index is 13.3. The lowest BCUT2D eigenvalue weighted by atomic mass is 9.79. The number of amides is 2. The van der Waals surface area contributed by atoms with Gasteiger partial charge in [-0.05, 0) is 32.7 Å². The lowest BCUT2D eigenvalue weighted by molar-refractivity contribution is -0.163. The van der Waals surface area contributed by atoms with Crippen LogP contribution in [0.1, 0.15) is 34.1 Å². The Morgan fingerprint density at radius 1 is 1.33 bits per heavy atom. The highest BCUT2D eigenvalue weighted by Gasteiger charge is 2.60. The van der Waals surface area contributed by atoms with Crippen LogP contribution in [-0.4, -0.2) is 117 Å². The number of carbonyl (C=O) groups is 3. The van der Waals surface area contributed by atoms with Gasteiger partial charge in [0.2, 0.25) is 11.8 Å². The summed E-state index contributed by atoms with van der Waals surface area (Å²) in [5.74, 6) is -1.84. The number of fused-ring (bicyclic) bond motifs is 1. The molecular formula is C24H40N6O5S. The molecule has 7 atom stereocenters. The second kappa shape index (κ2) is 10.6. The first-order valence-electron chi connectivity index (χ1n) is 12.1. The molecule has 0 aromatic rings. The van der Waals surface area contributed by atoms with Crippen LogP contribution < -0.4 is 5.73 Å². The molecule has 3 saturated heterocycles. The van der Waals surface area contributed by atoms with Gasteiger partial charge in [-0.15, -0.1) is 11.8 Å². The van der Waals surface area contributed by atoms with E-state index in [2.05, 4.69) is 0 Å². The zero-order valence-corrected chi connectivity index (χ0v) is 21.5. The number of likely N-dealkylation sites (N-methyl/N-ethyl adjacent to an activating group) is 1. The van der Waals surface area contributed by atoms with E-state index in [1.54, 1.807) is 18.9 Å². The standard InChI is InChI=1S/C23H36N6O5S.CH4/c1-11-17-16(12(2)30)21(32)29(17)18(22(33)34)19(11)35-14-7-15(26(3)10-14)20(31)28-6-5-13(9-28)8-27(4)23(24)25;/h11-17,30H,5-10H2,1-4H3,(H3,24,25)(H,33,34);1H4/t11?,12-,13-,14+,15+,16?,17?;/m1./s1. The smallest absolute Gasteiger partial charge is 0.353 e. The summed E-state index contributed by atoms with van der Waals surface area (Å²) in [6, 6.07) is -0.603. The lowest BCUT2D eigenvalue weighted by Gasteiger charge is -2.46. The van der Waals surface area contributed by atoms with Crippen molar-refractivity contribution in [2.45, 2.75) is 57.6 Å². The number of likely N-dealkylation sites (tertiary alicyclic amines) is 2. The van der Waals surface area contributed by atoms with Gasteiger partial charge in [0.15, 0.2) is 5.96 Å². The van der Waals surface area contributed by atoms with Crippen LogP contribution in [0, 0.1) is 23.2 Å². The molecule has 0 aromatic carbocycles. The Hall–Kier alpha value is -2.31. The monoisotopic (exact) mass is 524 g/mol. The summed E-state index contributed by atoms with van der Waals surface area (Å²) in [5, 5.41) is 27.5. The molecule has 0 saturated carbocycles. The van der Waals surface area contributed by atoms with Crippen molar-refractivity contribution < 1.29 is 24.6 Å². The number of carbonyl (C=O) groups excluding carboxylic acids is 2. The minimum absolute atomic E-state index is 0. The molecule has 202 valence electrons. The molecule has 5 N–H and O–H groups in total. The molecule has 36 heavy (non-hydrogen) atoms. The maximum atomic E-state index is 13.3. The minimum Gasteiger partial charge on any atom is -0.477 e. The van der Waals surface area contributed by atoms with Crippen molar-refractivity contribution in [2.24, 2.45) is 23.5 Å². The number of aliphatic hydroxyl groups excluding tert-OH is 1. The Labute approximate surface area is 217 Å². The van der Waals surface area contributed by atoms with Crippen LogP contribution in [0.3, 0.4) is 0 Å². The number of nitrogens with two attached hydrogens (primary N) is 1. The van der Waals surface area contributed by atoms with Crippen molar-refractivity contribution in [2.75, 3.05) is 40.3 Å². The molecule has 2 amide bonds. The number of nitrogens with zero attached hydrogens (tertiary/aromatic N) is 4. The van der Waals surface area contributed by atoms with Gasteiger partial charge in [-0.3, -0.25) is 19.9 Å². The van der Waals surface area contributed by atoms with Crippen molar-refractivity contribution >= 4 is 35.5 Å². The predicted molar refractivity (Wildman–Crippen MR) is 138 cm³/mol. The minimum atomic E-state index is -1.13. The summed E-state index contributed by atoms with van der Waals surface area (Å²) in [6.07, 6.45) is 0.653. The fraction of sp³-hybridized carbons (Fsp3) is 0.750. The number of rotatable bonds is 7. The van der Waals surface area contributed by atoms with Gasteiger partial charge in [-0.25, -0.2) is 4.79 Å². The molecule has 0 radical (unpaired) electrons. The summed E-state index contributed by atoms with van der Waals surface area (Å²) >= 11 is 1.47. The molecule has 4 rings (SSSR count). The SMILES string of the molecule is C.CC1C(S[C@H]2C[C@@H](C(=O)N3CC[C@H](CN(C)C(=N)N)C3)N(C)C2)=C(C(=O)O)N2C(=O)C([C@@H](C)O)C12. The topological polar surface area (TPSA) is 154 Å². The van der Waals surface area contributed by atoms with Crippen molar-refractivity contribution in [3.8, 4) is 0 Å². The zero-order chi connectivity index (χ0) is 25.8. The van der Waals surface area contributed by atoms with Crippen molar-refractivity contribution in [1.29, 1.82) is 5.41 Å². The van der Waals surface area contributed by atoms with Crippen LogP contribution in [0.15, 0.2) is 10.6 Å². The highest BCUT2D eigenvalue weighted by molar-refractivity contribution is 8.03. The molecule has 0 aromatic heterocycles. The summed E-state index contributed by atoms with van der Waals surface area (Å²) in [6.45, 7) is 6.10. The zero-order valence-electron chi connectivity index (χ0n) is 20.7. The third-order valence-corrected chi connectivity index (χ3v) is 9.43. The molecule has 0 spiro atoms. The predicted octanol–water partition coefficient (Wildman–Crippen LogP) is 0.256. The second-order valence-electron chi connectivity index (χ2n) is 10.4. The Balaban J connectivity index is 0.00000361. The average molecular weight is 525 g/mol. The van der Waals surface area contributed by atoms with E-state index < -0.39 is 18.0 Å². The molecule has 0 bridgehead atoms. The molecule has 12 heteroatoms. The van der Waals surface area contributed by atoms with Gasteiger partial charge in [0.25, 0.3) is 0 Å². The van der Waals surface area contributed by atoms with Gasteiger partial charge in [0, 0.05) is 49.3 Å². The Morgan fingerprint density at radius 2 is 2.00 bits per heavy atom. The summed E-state index contributed by atoms with van der Waals surface area (Å²) in [5.41, 5.74) is 5.57. The highest BCUT2D eigenvalue weighted by Crippen LogP contribution is 2.52. The second-order valence-corrected chi connectivity index (χ2v) is 11.7. The van der Waals surface area contributed by atoms with Gasteiger partial charge in [0.1, 0.15) is 5.70 Å². The van der Waals surface area contributed by atoms with Crippen LogP contribution in [0.5, 0.6) is 0 Å². The van der Waals surface area contributed by atoms with E-state index in [9.17, 15) is 24.6 Å². The summed E-state index contributed by atoms with van der Waals surface area (Å²) in [4.78, 5) is 45.6. The maximum Gasteiger partial charge on any atom is 0.353 e. The number of carboxylic acids is 1. The third kappa shape index (κ3) is 4.82. The van der Waals surface area contributed by atoms with E-state index in [1.807, 2.05) is 23.8 Å². The number of aliphatic hydroxyl groups is 1. The number of thioether (sulfide) groups is 1. The number of guanidine groups is 1. The fourth-order valence-corrected chi connectivity index (χ4v) is 7.66. The number of β-lactam (4-membered cyclic amide) rings is 1. The third-order valence-electron chi connectivity index (χ3n) is 7.94. The van der Waals surface area contributed by atoms with Crippen LogP contribution in [0.25, 0.3) is 0 Å². The van der Waals surface area contributed by atoms with Gasteiger partial charge >= 0.3 is 5.97 Å². The van der Waals surface area contributed by atoms with E-state index in [4.69, 9.17) is 11.1 Å².